The highest BCUT2D eigenvalue weighted by Gasteiger charge is 2.14. The first kappa shape index (κ1) is 18.7. The van der Waals surface area contributed by atoms with Gasteiger partial charge in [-0.15, -0.1) is 22.7 Å². The molecule has 30 heavy (non-hydrogen) atoms. The van der Waals surface area contributed by atoms with Crippen LogP contribution in [-0.4, -0.2) is 21.0 Å². The number of benzene rings is 2. The van der Waals surface area contributed by atoms with Crippen LogP contribution in [0.3, 0.4) is 0 Å². The van der Waals surface area contributed by atoms with Crippen molar-refractivity contribution in [3.8, 4) is 21.3 Å². The Morgan fingerprint density at radius 3 is 2.73 bits per heavy atom. The first-order valence-corrected chi connectivity index (χ1v) is 11.1. The second-order valence-corrected chi connectivity index (χ2v) is 8.55. The third kappa shape index (κ3) is 3.87. The van der Waals surface area contributed by atoms with Gasteiger partial charge >= 0.3 is 0 Å². The van der Waals surface area contributed by atoms with Crippen molar-refractivity contribution in [1.82, 2.24) is 15.1 Å². The minimum Gasteiger partial charge on any atom is -0.339 e. The number of nitrogens with one attached hydrogen (secondary N) is 1. The zero-order chi connectivity index (χ0) is 20.3. The molecule has 0 aliphatic heterocycles. The number of hydrogen-bond acceptors (Lipinski definition) is 7. The summed E-state index contributed by atoms with van der Waals surface area (Å²) in [7, 11) is 0. The van der Waals surface area contributed by atoms with E-state index >= 15 is 0 Å². The molecule has 6 nitrogen and oxygen atoms in total. The summed E-state index contributed by atoms with van der Waals surface area (Å²) in [6.45, 7) is 0. The molecule has 5 aromatic rings. The SMILES string of the molecule is O=C(CCc1nc(-c2cccs2)no1)Nc1ccccc1-c1nc2ccccc2s1. The summed E-state index contributed by atoms with van der Waals surface area (Å²) in [6, 6.07) is 19.6. The average molecular weight is 433 g/mol. The molecule has 0 atom stereocenters. The molecule has 1 amide bonds. The Balaban J connectivity index is 1.28. The minimum atomic E-state index is -0.112. The van der Waals surface area contributed by atoms with Gasteiger partial charge in [-0.1, -0.05) is 35.5 Å². The van der Waals surface area contributed by atoms with E-state index in [2.05, 4.69) is 15.5 Å². The van der Waals surface area contributed by atoms with Crippen LogP contribution in [0, 0.1) is 0 Å². The number of amides is 1. The lowest BCUT2D eigenvalue weighted by Crippen LogP contribution is -2.13. The monoisotopic (exact) mass is 432 g/mol. The van der Waals surface area contributed by atoms with Crippen molar-refractivity contribution in [3.63, 3.8) is 0 Å². The van der Waals surface area contributed by atoms with Gasteiger partial charge < -0.3 is 9.84 Å². The number of thiazole rings is 1. The van der Waals surface area contributed by atoms with E-state index in [9.17, 15) is 4.79 Å². The highest BCUT2D eigenvalue weighted by atomic mass is 32.1. The maximum atomic E-state index is 12.6. The zero-order valence-corrected chi connectivity index (χ0v) is 17.4. The number of carbonyl (C=O) groups is 1. The number of rotatable bonds is 6. The predicted molar refractivity (Wildman–Crippen MR) is 120 cm³/mol. The van der Waals surface area contributed by atoms with Gasteiger partial charge in [0.2, 0.25) is 17.6 Å². The third-order valence-electron chi connectivity index (χ3n) is 4.50. The summed E-state index contributed by atoms with van der Waals surface area (Å²) in [6.07, 6.45) is 0.633. The van der Waals surface area contributed by atoms with Crippen LogP contribution >= 0.6 is 22.7 Å². The molecule has 0 bridgehead atoms. The summed E-state index contributed by atoms with van der Waals surface area (Å²) in [5.74, 6) is 0.897. The van der Waals surface area contributed by atoms with Crippen LogP contribution in [0.25, 0.3) is 31.5 Å². The molecule has 3 aromatic heterocycles. The molecule has 0 unspecified atom stereocenters. The van der Waals surface area contributed by atoms with E-state index in [0.717, 1.165) is 31.4 Å². The van der Waals surface area contributed by atoms with Crippen molar-refractivity contribution in [1.29, 1.82) is 0 Å². The van der Waals surface area contributed by atoms with Crippen LogP contribution in [0.1, 0.15) is 12.3 Å². The van der Waals surface area contributed by atoms with E-state index < -0.39 is 0 Å². The quantitative estimate of drug-likeness (QED) is 0.375. The molecule has 0 spiro atoms. The number of nitrogens with zero attached hydrogens (tertiary/aromatic N) is 3. The summed E-state index contributed by atoms with van der Waals surface area (Å²) >= 11 is 3.16. The molecule has 0 radical (unpaired) electrons. The number of hydrogen-bond donors (Lipinski definition) is 1. The van der Waals surface area contributed by atoms with Crippen LogP contribution in [-0.2, 0) is 11.2 Å². The summed E-state index contributed by atoms with van der Waals surface area (Å²) < 4.78 is 6.39. The fraction of sp³-hybridized carbons (Fsp3) is 0.0909. The second kappa shape index (κ2) is 8.17. The van der Waals surface area contributed by atoms with Crippen LogP contribution in [0.4, 0.5) is 5.69 Å². The van der Waals surface area contributed by atoms with E-state index in [4.69, 9.17) is 9.51 Å². The van der Waals surface area contributed by atoms with Gasteiger partial charge in [0.15, 0.2) is 0 Å². The summed E-state index contributed by atoms with van der Waals surface area (Å²) in [5.41, 5.74) is 2.60. The van der Waals surface area contributed by atoms with E-state index in [-0.39, 0.29) is 12.3 Å². The number of carbonyl (C=O) groups excluding carboxylic acids is 1. The normalized spacial score (nSPS) is 11.1. The van der Waals surface area contributed by atoms with Crippen molar-refractivity contribution in [2.24, 2.45) is 0 Å². The molecule has 0 fully saturated rings. The van der Waals surface area contributed by atoms with Crippen LogP contribution < -0.4 is 5.32 Å². The Morgan fingerprint density at radius 1 is 1.00 bits per heavy atom. The first-order valence-electron chi connectivity index (χ1n) is 9.37. The molecule has 5 rings (SSSR count). The van der Waals surface area contributed by atoms with Crippen LogP contribution in [0.2, 0.25) is 0 Å². The Morgan fingerprint density at radius 2 is 1.87 bits per heavy atom. The maximum absolute atomic E-state index is 12.6. The number of fused-ring (bicyclic) bond motifs is 1. The largest absolute Gasteiger partial charge is 0.339 e. The minimum absolute atomic E-state index is 0.112. The lowest BCUT2D eigenvalue weighted by atomic mass is 10.1. The van der Waals surface area contributed by atoms with Gasteiger partial charge in [-0.3, -0.25) is 4.79 Å². The van der Waals surface area contributed by atoms with Gasteiger partial charge in [0.05, 0.1) is 20.8 Å². The number of aromatic nitrogens is 3. The van der Waals surface area contributed by atoms with Gasteiger partial charge in [-0.05, 0) is 35.7 Å². The van der Waals surface area contributed by atoms with E-state index in [1.165, 1.54) is 0 Å². The fourth-order valence-corrected chi connectivity index (χ4v) is 4.72. The van der Waals surface area contributed by atoms with E-state index in [1.54, 1.807) is 22.7 Å². The third-order valence-corrected chi connectivity index (χ3v) is 6.44. The van der Waals surface area contributed by atoms with Crippen molar-refractivity contribution < 1.29 is 9.32 Å². The lowest BCUT2D eigenvalue weighted by molar-refractivity contribution is -0.116. The Bertz CT molecular complexity index is 1270. The van der Waals surface area contributed by atoms with Gasteiger partial charge in [-0.25, -0.2) is 4.98 Å². The highest BCUT2D eigenvalue weighted by Crippen LogP contribution is 2.34. The zero-order valence-electron chi connectivity index (χ0n) is 15.7. The first-order chi connectivity index (χ1) is 14.8. The summed E-state index contributed by atoms with van der Waals surface area (Å²) in [4.78, 5) is 22.6. The van der Waals surface area contributed by atoms with Crippen LogP contribution in [0.5, 0.6) is 0 Å². The van der Waals surface area contributed by atoms with Crippen molar-refractivity contribution in [2.75, 3.05) is 5.32 Å². The lowest BCUT2D eigenvalue weighted by Gasteiger charge is -2.08. The molecule has 8 heteroatoms. The molecular formula is C22H16N4O2S2. The molecule has 0 aliphatic rings. The Labute approximate surface area is 180 Å². The number of para-hydroxylation sites is 2. The number of anilines is 1. The van der Waals surface area contributed by atoms with Gasteiger partial charge in [0.25, 0.3) is 0 Å². The van der Waals surface area contributed by atoms with Gasteiger partial charge in [0.1, 0.15) is 5.01 Å². The number of thiophene rings is 1. The van der Waals surface area contributed by atoms with Crippen LogP contribution in [0.15, 0.2) is 70.6 Å². The molecule has 2 aromatic carbocycles. The van der Waals surface area contributed by atoms with Crippen molar-refractivity contribution >= 4 is 44.5 Å². The van der Waals surface area contributed by atoms with E-state index in [1.807, 2.05) is 66.0 Å². The summed E-state index contributed by atoms with van der Waals surface area (Å²) in [5, 5.41) is 9.82. The molecular weight excluding hydrogens is 416 g/mol. The molecule has 3 heterocycles. The number of aryl methyl sites for hydroxylation is 1. The Hall–Kier alpha value is -3.36. The molecule has 0 aliphatic carbocycles. The second-order valence-electron chi connectivity index (χ2n) is 6.57. The Kier molecular flexibility index (Phi) is 5.08. The van der Waals surface area contributed by atoms with Gasteiger partial charge in [-0.2, -0.15) is 4.98 Å². The molecule has 1 N–H and O–H groups in total. The smallest absolute Gasteiger partial charge is 0.227 e. The molecule has 0 saturated heterocycles. The topological polar surface area (TPSA) is 80.9 Å². The van der Waals surface area contributed by atoms with Crippen molar-refractivity contribution in [3.05, 3.63) is 71.9 Å². The standard InChI is InChI=1S/C22H16N4O2S2/c27-19(11-12-20-25-21(26-28-20)18-10-5-13-29-18)23-15-7-2-1-6-14(15)22-24-16-8-3-4-9-17(16)30-22/h1-10,13H,11-12H2,(H,23,27). The average Bonchev–Trinajstić information content (AvgIpc) is 3.52. The predicted octanol–water partition coefficient (Wildman–Crippen LogP) is 5.65. The van der Waals surface area contributed by atoms with Gasteiger partial charge in [0, 0.05) is 18.4 Å². The maximum Gasteiger partial charge on any atom is 0.227 e. The molecule has 0 saturated carbocycles. The van der Waals surface area contributed by atoms with E-state index in [0.29, 0.717) is 18.1 Å². The van der Waals surface area contributed by atoms with Crippen molar-refractivity contribution in [2.45, 2.75) is 12.8 Å². The fourth-order valence-electron chi connectivity index (χ4n) is 3.06. The molecule has 148 valence electrons. The highest BCUT2D eigenvalue weighted by molar-refractivity contribution is 7.21.